The molecule has 0 spiro atoms. The molecule has 4 heteroatoms. The van der Waals surface area contributed by atoms with Gasteiger partial charge in [0.05, 0.1) is 10.3 Å². The Morgan fingerprint density at radius 2 is 1.69 bits per heavy atom. The fourth-order valence-corrected chi connectivity index (χ4v) is 7.18. The van der Waals surface area contributed by atoms with Crippen LogP contribution in [0.3, 0.4) is 0 Å². The fourth-order valence-electron chi connectivity index (χ4n) is 5.98. The summed E-state index contributed by atoms with van der Waals surface area (Å²) >= 11 is 1.46. The summed E-state index contributed by atoms with van der Waals surface area (Å²) in [6.45, 7) is 4.41. The van der Waals surface area contributed by atoms with Crippen LogP contribution in [0.1, 0.15) is 106 Å². The average Bonchev–Trinajstić information content (AvgIpc) is 3.23. The summed E-state index contributed by atoms with van der Waals surface area (Å²) in [7, 11) is 0. The predicted molar refractivity (Wildman–Crippen MR) is 132 cm³/mol. The second-order valence-corrected chi connectivity index (χ2v) is 11.3. The third-order valence-corrected chi connectivity index (χ3v) is 9.11. The Morgan fingerprint density at radius 3 is 2.34 bits per heavy atom. The van der Waals surface area contributed by atoms with Gasteiger partial charge in [-0.1, -0.05) is 58.4 Å². The van der Waals surface area contributed by atoms with E-state index in [2.05, 4.69) is 13.8 Å². The standard InChI is InChI=1S/C28H39FO2S/c1-3-5-7-19-8-10-20(11-9-19)21-12-15-23(16-13-21)31-28(30)25-17-14-22-18-24(6-4-2)32-27(22)26(25)29/h14,17-21,23H,3-13,15-16H2,1-2H3. The van der Waals surface area contributed by atoms with E-state index in [0.717, 1.165) is 61.7 Å². The number of carbonyl (C=O) groups excluding carboxylic acids is 1. The van der Waals surface area contributed by atoms with Crippen molar-refractivity contribution < 1.29 is 13.9 Å². The zero-order chi connectivity index (χ0) is 22.5. The number of benzene rings is 1. The Morgan fingerprint density at radius 1 is 1.00 bits per heavy atom. The Hall–Kier alpha value is -1.42. The maximum absolute atomic E-state index is 15.1. The Balaban J connectivity index is 1.28. The van der Waals surface area contributed by atoms with Gasteiger partial charge >= 0.3 is 5.97 Å². The van der Waals surface area contributed by atoms with Crippen molar-refractivity contribution in [3.63, 3.8) is 0 Å². The maximum atomic E-state index is 15.1. The number of ether oxygens (including phenoxy) is 1. The van der Waals surface area contributed by atoms with E-state index in [4.69, 9.17) is 4.74 Å². The quantitative estimate of drug-likeness (QED) is 0.370. The lowest BCUT2D eigenvalue weighted by atomic mass is 9.70. The molecule has 0 unspecified atom stereocenters. The van der Waals surface area contributed by atoms with Gasteiger partial charge in [0, 0.05) is 4.88 Å². The molecule has 2 aromatic rings. The summed E-state index contributed by atoms with van der Waals surface area (Å²) in [5, 5.41) is 0.887. The number of unbranched alkanes of at least 4 members (excludes halogenated alkanes) is 1. The van der Waals surface area contributed by atoms with Crippen LogP contribution in [0.15, 0.2) is 18.2 Å². The van der Waals surface area contributed by atoms with Crippen LogP contribution in [0.25, 0.3) is 10.1 Å². The van der Waals surface area contributed by atoms with Crippen molar-refractivity contribution in [3.05, 3.63) is 34.5 Å². The minimum absolute atomic E-state index is 0.0614. The molecule has 1 aromatic carbocycles. The van der Waals surface area contributed by atoms with Crippen molar-refractivity contribution in [3.8, 4) is 0 Å². The number of thiophene rings is 1. The number of hydrogen-bond acceptors (Lipinski definition) is 3. The van der Waals surface area contributed by atoms with Crippen LogP contribution in [-0.2, 0) is 11.2 Å². The molecule has 0 saturated heterocycles. The van der Waals surface area contributed by atoms with E-state index in [1.807, 2.05) is 12.1 Å². The first-order valence-corrected chi connectivity index (χ1v) is 13.8. The highest BCUT2D eigenvalue weighted by atomic mass is 32.1. The van der Waals surface area contributed by atoms with Crippen molar-refractivity contribution in [1.29, 1.82) is 0 Å². The van der Waals surface area contributed by atoms with Crippen molar-refractivity contribution >= 4 is 27.4 Å². The van der Waals surface area contributed by atoms with Gasteiger partial charge in [-0.2, -0.15) is 0 Å². The van der Waals surface area contributed by atoms with Crippen LogP contribution < -0.4 is 0 Å². The molecular formula is C28H39FO2S. The van der Waals surface area contributed by atoms with E-state index in [9.17, 15) is 4.79 Å². The van der Waals surface area contributed by atoms with Crippen LogP contribution in [-0.4, -0.2) is 12.1 Å². The van der Waals surface area contributed by atoms with Crippen LogP contribution >= 0.6 is 11.3 Å². The summed E-state index contributed by atoms with van der Waals surface area (Å²) in [6.07, 6.45) is 15.8. The van der Waals surface area contributed by atoms with Gasteiger partial charge in [0.15, 0.2) is 5.82 Å². The van der Waals surface area contributed by atoms with E-state index in [-0.39, 0.29) is 11.7 Å². The van der Waals surface area contributed by atoms with Gasteiger partial charge in [-0.05, 0) is 80.2 Å². The second kappa shape index (κ2) is 11.1. The van der Waals surface area contributed by atoms with Gasteiger partial charge in [0.2, 0.25) is 0 Å². The van der Waals surface area contributed by atoms with Gasteiger partial charge in [0.25, 0.3) is 0 Å². The predicted octanol–water partition coefficient (Wildman–Crippen LogP) is 8.71. The lowest BCUT2D eigenvalue weighted by molar-refractivity contribution is 0.0105. The molecule has 0 amide bonds. The number of fused-ring (bicyclic) bond motifs is 1. The molecule has 176 valence electrons. The number of rotatable bonds is 8. The topological polar surface area (TPSA) is 26.3 Å². The largest absolute Gasteiger partial charge is 0.459 e. The van der Waals surface area contributed by atoms with E-state index < -0.39 is 11.8 Å². The zero-order valence-corrected chi connectivity index (χ0v) is 20.7. The van der Waals surface area contributed by atoms with Crippen LogP contribution in [0, 0.1) is 23.6 Å². The molecule has 0 bridgehead atoms. The molecule has 2 aliphatic rings. The van der Waals surface area contributed by atoms with Crippen molar-refractivity contribution in [2.75, 3.05) is 0 Å². The highest BCUT2D eigenvalue weighted by Crippen LogP contribution is 2.41. The highest BCUT2D eigenvalue weighted by molar-refractivity contribution is 7.19. The molecule has 1 heterocycles. The van der Waals surface area contributed by atoms with Gasteiger partial charge in [0.1, 0.15) is 6.10 Å². The molecule has 2 saturated carbocycles. The average molecular weight is 459 g/mol. The first kappa shape index (κ1) is 23.7. The highest BCUT2D eigenvalue weighted by Gasteiger charge is 2.32. The summed E-state index contributed by atoms with van der Waals surface area (Å²) < 4.78 is 21.4. The molecule has 0 N–H and O–H groups in total. The minimum Gasteiger partial charge on any atom is -0.459 e. The van der Waals surface area contributed by atoms with Gasteiger partial charge in [-0.3, -0.25) is 0 Å². The molecule has 32 heavy (non-hydrogen) atoms. The molecule has 2 fully saturated rings. The summed E-state index contributed by atoms with van der Waals surface area (Å²) in [5.41, 5.74) is 0.0925. The fraction of sp³-hybridized carbons (Fsp3) is 0.679. The lowest BCUT2D eigenvalue weighted by Gasteiger charge is -2.37. The van der Waals surface area contributed by atoms with Crippen molar-refractivity contribution in [1.82, 2.24) is 0 Å². The third kappa shape index (κ3) is 5.55. The van der Waals surface area contributed by atoms with Gasteiger partial charge in [-0.15, -0.1) is 11.3 Å². The number of aryl methyl sites for hydroxylation is 1. The Bertz CT molecular complexity index is 888. The van der Waals surface area contributed by atoms with Gasteiger partial charge in [-0.25, -0.2) is 9.18 Å². The lowest BCUT2D eigenvalue weighted by Crippen LogP contribution is -2.30. The molecule has 0 radical (unpaired) electrons. The first-order valence-electron chi connectivity index (χ1n) is 13.0. The molecule has 2 nitrogen and oxygen atoms in total. The monoisotopic (exact) mass is 458 g/mol. The molecule has 0 atom stereocenters. The van der Waals surface area contributed by atoms with E-state index >= 15 is 4.39 Å². The van der Waals surface area contributed by atoms with Crippen LogP contribution in [0.2, 0.25) is 0 Å². The molecule has 0 aliphatic heterocycles. The molecule has 4 rings (SSSR count). The normalized spacial score (nSPS) is 26.3. The Kier molecular flexibility index (Phi) is 8.26. The number of halogens is 1. The summed E-state index contributed by atoms with van der Waals surface area (Å²) in [4.78, 5) is 13.9. The van der Waals surface area contributed by atoms with E-state index in [1.54, 1.807) is 6.07 Å². The summed E-state index contributed by atoms with van der Waals surface area (Å²) in [5.74, 6) is 1.70. The van der Waals surface area contributed by atoms with Crippen LogP contribution in [0.5, 0.6) is 0 Å². The SMILES string of the molecule is CCCCC1CCC(C2CCC(OC(=O)c3ccc4cc(CCC)sc4c3F)CC2)CC1. The van der Waals surface area contributed by atoms with Crippen LogP contribution in [0.4, 0.5) is 4.39 Å². The maximum Gasteiger partial charge on any atom is 0.341 e. The third-order valence-electron chi connectivity index (χ3n) is 7.91. The second-order valence-electron chi connectivity index (χ2n) is 10.2. The number of carbonyl (C=O) groups is 1. The van der Waals surface area contributed by atoms with Crippen molar-refractivity contribution in [2.24, 2.45) is 17.8 Å². The zero-order valence-electron chi connectivity index (χ0n) is 19.8. The Labute approximate surface area is 196 Å². The van der Waals surface area contributed by atoms with E-state index in [0.29, 0.717) is 4.70 Å². The number of esters is 1. The first-order chi connectivity index (χ1) is 15.6. The molecule has 2 aliphatic carbocycles. The van der Waals surface area contributed by atoms with Gasteiger partial charge < -0.3 is 4.74 Å². The number of hydrogen-bond donors (Lipinski definition) is 0. The van der Waals surface area contributed by atoms with Crippen molar-refractivity contribution in [2.45, 2.75) is 103 Å². The van der Waals surface area contributed by atoms with E-state index in [1.165, 1.54) is 61.2 Å². The molecule has 1 aromatic heterocycles. The molecular weight excluding hydrogens is 419 g/mol. The minimum atomic E-state index is -0.491. The summed E-state index contributed by atoms with van der Waals surface area (Å²) in [6, 6.07) is 5.50. The smallest absolute Gasteiger partial charge is 0.341 e.